The minimum absolute atomic E-state index is 0.0437. The Kier molecular flexibility index (Phi) is 3.75. The van der Waals surface area contributed by atoms with Crippen molar-refractivity contribution in [3.8, 4) is 6.07 Å². The van der Waals surface area contributed by atoms with Crippen LogP contribution in [0.5, 0.6) is 0 Å². The van der Waals surface area contributed by atoms with Gasteiger partial charge in [0.1, 0.15) is 0 Å². The smallest absolute Gasteiger partial charge is 0.231 e. The molecule has 1 aromatic carbocycles. The topological polar surface area (TPSA) is 44.1 Å². The van der Waals surface area contributed by atoms with Gasteiger partial charge >= 0.3 is 0 Å². The zero-order valence-corrected chi connectivity index (χ0v) is 10.8. The van der Waals surface area contributed by atoms with Gasteiger partial charge in [0.05, 0.1) is 18.1 Å². The van der Waals surface area contributed by atoms with E-state index in [1.165, 1.54) is 0 Å². The largest absolute Gasteiger partial charge is 0.315 e. The quantitative estimate of drug-likeness (QED) is 0.847. The summed E-state index contributed by atoms with van der Waals surface area (Å²) >= 11 is 1.58. The molecular formula is C14H12N2OS. The van der Waals surface area contributed by atoms with Crippen molar-refractivity contribution < 1.29 is 4.79 Å². The molecule has 0 saturated carbocycles. The maximum Gasteiger partial charge on any atom is 0.231 e. The number of nitrogens with zero attached hydrogens (tertiary/aromatic N) is 2. The van der Waals surface area contributed by atoms with Crippen LogP contribution in [0.3, 0.4) is 0 Å². The summed E-state index contributed by atoms with van der Waals surface area (Å²) in [6.45, 7) is 0. The molecule has 0 aliphatic carbocycles. The lowest BCUT2D eigenvalue weighted by Gasteiger charge is -2.16. The van der Waals surface area contributed by atoms with Gasteiger partial charge in [-0.25, -0.2) is 0 Å². The van der Waals surface area contributed by atoms with Gasteiger partial charge in [-0.3, -0.25) is 4.79 Å². The maximum absolute atomic E-state index is 12.0. The van der Waals surface area contributed by atoms with Crippen LogP contribution in [-0.4, -0.2) is 13.0 Å². The molecule has 0 spiro atoms. The Balaban J connectivity index is 2.08. The van der Waals surface area contributed by atoms with Gasteiger partial charge in [0.15, 0.2) is 0 Å². The van der Waals surface area contributed by atoms with Crippen LogP contribution in [0.1, 0.15) is 10.4 Å². The van der Waals surface area contributed by atoms with Gasteiger partial charge in [-0.1, -0.05) is 6.07 Å². The van der Waals surface area contributed by atoms with E-state index in [0.29, 0.717) is 12.0 Å². The van der Waals surface area contributed by atoms with Gasteiger partial charge < -0.3 is 4.90 Å². The summed E-state index contributed by atoms with van der Waals surface area (Å²) in [5, 5.41) is 10.7. The summed E-state index contributed by atoms with van der Waals surface area (Å²) < 4.78 is 0. The number of carbonyl (C=O) groups excluding carboxylic acids is 1. The maximum atomic E-state index is 12.0. The molecule has 0 atom stereocenters. The van der Waals surface area contributed by atoms with Gasteiger partial charge in [0.2, 0.25) is 5.91 Å². The van der Waals surface area contributed by atoms with Crippen molar-refractivity contribution >= 4 is 22.9 Å². The highest BCUT2D eigenvalue weighted by atomic mass is 32.1. The highest BCUT2D eigenvalue weighted by Gasteiger charge is 2.11. The third kappa shape index (κ3) is 2.76. The van der Waals surface area contributed by atoms with E-state index in [1.54, 1.807) is 47.5 Å². The van der Waals surface area contributed by atoms with Crippen LogP contribution in [0.2, 0.25) is 0 Å². The lowest BCUT2D eigenvalue weighted by atomic mass is 10.2. The molecule has 0 bridgehead atoms. The van der Waals surface area contributed by atoms with E-state index in [1.807, 2.05) is 17.5 Å². The molecule has 1 amide bonds. The second-order valence-corrected chi connectivity index (χ2v) is 4.90. The number of hydrogen-bond acceptors (Lipinski definition) is 3. The van der Waals surface area contributed by atoms with E-state index in [2.05, 4.69) is 6.07 Å². The molecule has 0 aliphatic rings. The Labute approximate surface area is 110 Å². The number of rotatable bonds is 3. The van der Waals surface area contributed by atoms with E-state index < -0.39 is 0 Å². The normalized spacial score (nSPS) is 9.78. The number of carbonyl (C=O) groups is 1. The third-order valence-corrected chi connectivity index (χ3v) is 3.54. The lowest BCUT2D eigenvalue weighted by Crippen LogP contribution is -2.27. The number of anilines is 1. The molecule has 4 heteroatoms. The fourth-order valence-electron chi connectivity index (χ4n) is 1.58. The van der Waals surface area contributed by atoms with Crippen LogP contribution in [0.4, 0.5) is 5.69 Å². The van der Waals surface area contributed by atoms with Crippen molar-refractivity contribution in [3.63, 3.8) is 0 Å². The first-order chi connectivity index (χ1) is 8.70. The fourth-order valence-corrected chi connectivity index (χ4v) is 2.28. The summed E-state index contributed by atoms with van der Waals surface area (Å²) in [5.74, 6) is 0.0437. The second kappa shape index (κ2) is 5.48. The second-order valence-electron chi connectivity index (χ2n) is 3.87. The lowest BCUT2D eigenvalue weighted by molar-refractivity contribution is -0.117. The van der Waals surface area contributed by atoms with Crippen LogP contribution in [0.25, 0.3) is 0 Å². The van der Waals surface area contributed by atoms with Crippen molar-refractivity contribution in [2.75, 3.05) is 11.9 Å². The Morgan fingerprint density at radius 2 is 2.06 bits per heavy atom. The standard InChI is InChI=1S/C14H12N2OS/c1-16(12-6-4-11(10-15)5-7-12)14(17)9-13-3-2-8-18-13/h2-8H,9H2,1H3. The Morgan fingerprint density at radius 3 is 2.61 bits per heavy atom. The zero-order valence-electron chi connectivity index (χ0n) is 9.96. The molecule has 0 radical (unpaired) electrons. The number of likely N-dealkylation sites (N-methyl/N-ethyl adjacent to an activating group) is 1. The van der Waals surface area contributed by atoms with E-state index >= 15 is 0 Å². The zero-order chi connectivity index (χ0) is 13.0. The van der Waals surface area contributed by atoms with Gasteiger partial charge in [-0.2, -0.15) is 5.26 Å². The third-order valence-electron chi connectivity index (χ3n) is 2.66. The molecule has 90 valence electrons. The molecule has 0 fully saturated rings. The minimum atomic E-state index is 0.0437. The van der Waals surface area contributed by atoms with Crippen molar-refractivity contribution in [2.24, 2.45) is 0 Å². The summed E-state index contributed by atoms with van der Waals surface area (Å²) in [7, 11) is 1.75. The number of nitriles is 1. The van der Waals surface area contributed by atoms with E-state index in [-0.39, 0.29) is 5.91 Å². The van der Waals surface area contributed by atoms with Crippen LogP contribution in [0.15, 0.2) is 41.8 Å². The summed E-state index contributed by atoms with van der Waals surface area (Å²) in [4.78, 5) is 14.7. The van der Waals surface area contributed by atoms with E-state index in [0.717, 1.165) is 10.6 Å². The highest BCUT2D eigenvalue weighted by molar-refractivity contribution is 7.10. The van der Waals surface area contributed by atoms with Gasteiger partial charge in [0.25, 0.3) is 0 Å². The predicted molar refractivity (Wildman–Crippen MR) is 72.6 cm³/mol. The summed E-state index contributed by atoms with van der Waals surface area (Å²) in [6.07, 6.45) is 0.411. The molecule has 1 heterocycles. The highest BCUT2D eigenvalue weighted by Crippen LogP contribution is 2.16. The first-order valence-electron chi connectivity index (χ1n) is 5.50. The fraction of sp³-hybridized carbons (Fsp3) is 0.143. The molecule has 2 rings (SSSR count). The molecule has 18 heavy (non-hydrogen) atoms. The Hall–Kier alpha value is -2.12. The number of hydrogen-bond donors (Lipinski definition) is 0. The molecule has 0 N–H and O–H groups in total. The van der Waals surface area contributed by atoms with Crippen LogP contribution in [-0.2, 0) is 11.2 Å². The van der Waals surface area contributed by atoms with Crippen LogP contribution >= 0.6 is 11.3 Å². The molecular weight excluding hydrogens is 244 g/mol. The van der Waals surface area contributed by atoms with Crippen molar-refractivity contribution in [3.05, 3.63) is 52.2 Å². The predicted octanol–water partition coefficient (Wildman–Crippen LogP) is 2.83. The number of benzene rings is 1. The molecule has 0 unspecified atom stereocenters. The number of amides is 1. The number of thiophene rings is 1. The Bertz CT molecular complexity index is 567. The van der Waals surface area contributed by atoms with E-state index in [4.69, 9.17) is 5.26 Å². The molecule has 0 aliphatic heterocycles. The van der Waals surface area contributed by atoms with Crippen molar-refractivity contribution in [2.45, 2.75) is 6.42 Å². The summed E-state index contributed by atoms with van der Waals surface area (Å²) in [5.41, 5.74) is 1.40. The molecule has 0 saturated heterocycles. The average molecular weight is 256 g/mol. The molecule has 3 nitrogen and oxygen atoms in total. The minimum Gasteiger partial charge on any atom is -0.315 e. The first-order valence-corrected chi connectivity index (χ1v) is 6.38. The van der Waals surface area contributed by atoms with Gasteiger partial charge in [-0.05, 0) is 35.7 Å². The first kappa shape index (κ1) is 12.3. The molecule has 1 aromatic heterocycles. The van der Waals surface area contributed by atoms with Crippen molar-refractivity contribution in [1.29, 1.82) is 5.26 Å². The Morgan fingerprint density at radius 1 is 1.33 bits per heavy atom. The van der Waals surface area contributed by atoms with E-state index in [9.17, 15) is 4.79 Å². The van der Waals surface area contributed by atoms with Crippen LogP contribution < -0.4 is 4.90 Å². The SMILES string of the molecule is CN(C(=O)Cc1cccs1)c1ccc(C#N)cc1. The summed E-state index contributed by atoms with van der Waals surface area (Å²) in [6, 6.07) is 12.9. The van der Waals surface area contributed by atoms with Gasteiger partial charge in [-0.15, -0.1) is 11.3 Å². The average Bonchev–Trinajstić information content (AvgIpc) is 2.91. The van der Waals surface area contributed by atoms with Crippen molar-refractivity contribution in [1.82, 2.24) is 0 Å². The molecule has 2 aromatic rings. The van der Waals surface area contributed by atoms with Crippen LogP contribution in [0, 0.1) is 11.3 Å². The van der Waals surface area contributed by atoms with Gasteiger partial charge in [0, 0.05) is 17.6 Å². The monoisotopic (exact) mass is 256 g/mol.